The maximum Gasteiger partial charge on any atom is 0.296 e. The molecular formula is C27H25NO9. The predicted molar refractivity (Wildman–Crippen MR) is 130 cm³/mol. The number of nitrogens with zero attached hydrogens (tertiary/aromatic N) is 1. The number of likely N-dealkylation sites (tertiary alicyclic amines) is 1. The summed E-state index contributed by atoms with van der Waals surface area (Å²) in [5, 5.41) is 11.4. The molecule has 2 aliphatic rings. The Morgan fingerprint density at radius 3 is 2.30 bits per heavy atom. The summed E-state index contributed by atoms with van der Waals surface area (Å²) in [6, 6.07) is 10.5. The first-order valence-corrected chi connectivity index (χ1v) is 11.5. The highest BCUT2D eigenvalue weighted by Crippen LogP contribution is 2.46. The lowest BCUT2D eigenvalue weighted by Crippen LogP contribution is -2.29. The molecule has 0 bridgehead atoms. The topological polar surface area (TPSA) is 117 Å². The number of furan rings is 1. The van der Waals surface area contributed by atoms with E-state index in [-0.39, 0.29) is 17.9 Å². The summed E-state index contributed by atoms with van der Waals surface area (Å²) in [6.07, 6.45) is 1.48. The molecule has 0 radical (unpaired) electrons. The van der Waals surface area contributed by atoms with Crippen molar-refractivity contribution >= 4 is 17.4 Å². The first-order chi connectivity index (χ1) is 18.0. The molecule has 0 spiro atoms. The molecule has 1 aromatic heterocycles. The molecular weight excluding hydrogens is 482 g/mol. The molecule has 192 valence electrons. The summed E-state index contributed by atoms with van der Waals surface area (Å²) in [5.74, 6) is 0.483. The van der Waals surface area contributed by atoms with Crippen LogP contribution >= 0.6 is 0 Å². The number of hydrogen-bond acceptors (Lipinski definition) is 9. The number of methoxy groups -OCH3 is 3. The third-order valence-electron chi connectivity index (χ3n) is 6.26. The van der Waals surface area contributed by atoms with Gasteiger partial charge < -0.3 is 38.1 Å². The lowest BCUT2D eigenvalue weighted by Gasteiger charge is -2.26. The van der Waals surface area contributed by atoms with E-state index in [2.05, 4.69) is 0 Å². The number of rotatable bonds is 7. The largest absolute Gasteiger partial charge is 0.507 e. The fraction of sp³-hybridized carbons (Fsp3) is 0.259. The van der Waals surface area contributed by atoms with E-state index in [1.54, 1.807) is 42.5 Å². The molecule has 3 heterocycles. The minimum Gasteiger partial charge on any atom is -0.507 e. The summed E-state index contributed by atoms with van der Waals surface area (Å²) in [5.41, 5.74) is 0.680. The summed E-state index contributed by atoms with van der Waals surface area (Å²) in [6.45, 7) is 0.768. The molecule has 1 unspecified atom stereocenters. The fourth-order valence-electron chi connectivity index (χ4n) is 4.57. The van der Waals surface area contributed by atoms with Crippen molar-refractivity contribution in [3.63, 3.8) is 0 Å². The number of carbonyl (C=O) groups excluding carboxylic acids is 2. The Morgan fingerprint density at radius 2 is 1.68 bits per heavy atom. The van der Waals surface area contributed by atoms with E-state index in [4.69, 9.17) is 28.1 Å². The summed E-state index contributed by atoms with van der Waals surface area (Å²) in [4.78, 5) is 28.0. The molecule has 1 N–H and O–H groups in total. The van der Waals surface area contributed by atoms with Crippen molar-refractivity contribution in [2.45, 2.75) is 12.6 Å². The van der Waals surface area contributed by atoms with E-state index in [0.29, 0.717) is 58.8 Å². The molecule has 0 saturated carbocycles. The third-order valence-corrected chi connectivity index (χ3v) is 6.26. The minimum absolute atomic E-state index is 0.00316. The van der Waals surface area contributed by atoms with Crippen molar-refractivity contribution in [1.82, 2.24) is 4.90 Å². The molecule has 10 heteroatoms. The van der Waals surface area contributed by atoms with Gasteiger partial charge in [-0.1, -0.05) is 0 Å². The van der Waals surface area contributed by atoms with Gasteiger partial charge in [0.25, 0.3) is 11.7 Å². The van der Waals surface area contributed by atoms with Gasteiger partial charge in [0.15, 0.2) is 23.0 Å². The van der Waals surface area contributed by atoms with Gasteiger partial charge in [-0.3, -0.25) is 9.59 Å². The molecule has 5 rings (SSSR count). The molecule has 37 heavy (non-hydrogen) atoms. The highest BCUT2D eigenvalue weighted by molar-refractivity contribution is 6.46. The van der Waals surface area contributed by atoms with Crippen LogP contribution in [0.1, 0.15) is 22.9 Å². The van der Waals surface area contributed by atoms with Crippen LogP contribution in [-0.4, -0.2) is 56.2 Å². The van der Waals surface area contributed by atoms with E-state index >= 15 is 0 Å². The van der Waals surface area contributed by atoms with Crippen molar-refractivity contribution in [3.05, 3.63) is 71.2 Å². The van der Waals surface area contributed by atoms with Crippen LogP contribution in [0.2, 0.25) is 0 Å². The van der Waals surface area contributed by atoms with Gasteiger partial charge in [-0.15, -0.1) is 0 Å². The maximum atomic E-state index is 13.4. The third kappa shape index (κ3) is 4.20. The van der Waals surface area contributed by atoms with Crippen LogP contribution in [0.5, 0.6) is 28.7 Å². The molecule has 2 aromatic carbocycles. The number of fused-ring (bicyclic) bond motifs is 1. The maximum absolute atomic E-state index is 13.4. The van der Waals surface area contributed by atoms with Crippen molar-refractivity contribution < 1.29 is 42.8 Å². The Balaban J connectivity index is 1.69. The van der Waals surface area contributed by atoms with Gasteiger partial charge in [0.05, 0.1) is 45.8 Å². The van der Waals surface area contributed by atoms with Crippen LogP contribution in [0.25, 0.3) is 5.76 Å². The molecule has 1 atom stereocenters. The summed E-state index contributed by atoms with van der Waals surface area (Å²) in [7, 11) is 4.41. The monoisotopic (exact) mass is 507 g/mol. The average molecular weight is 507 g/mol. The van der Waals surface area contributed by atoms with Gasteiger partial charge in [0, 0.05) is 5.56 Å². The number of Topliss-reactive ketones (excluding diaryl/α,β-unsaturated/α-hetero) is 1. The van der Waals surface area contributed by atoms with Gasteiger partial charge in [-0.05, 0) is 48.0 Å². The molecule has 2 aliphatic heterocycles. The average Bonchev–Trinajstić information content (AvgIpc) is 3.53. The van der Waals surface area contributed by atoms with E-state index in [9.17, 15) is 14.7 Å². The second kappa shape index (κ2) is 9.81. The number of carbonyl (C=O) groups is 2. The predicted octanol–water partition coefficient (Wildman–Crippen LogP) is 3.70. The van der Waals surface area contributed by atoms with Crippen molar-refractivity contribution in [3.8, 4) is 28.7 Å². The smallest absolute Gasteiger partial charge is 0.296 e. The van der Waals surface area contributed by atoms with Crippen LogP contribution in [0, 0.1) is 0 Å². The Morgan fingerprint density at radius 1 is 0.973 bits per heavy atom. The number of amides is 1. The second-order valence-electron chi connectivity index (χ2n) is 8.32. The van der Waals surface area contributed by atoms with Gasteiger partial charge in [0.1, 0.15) is 24.7 Å². The van der Waals surface area contributed by atoms with Crippen molar-refractivity contribution in [2.75, 3.05) is 34.5 Å². The van der Waals surface area contributed by atoms with Crippen LogP contribution in [-0.2, 0) is 16.1 Å². The number of aliphatic hydroxyl groups excluding tert-OH is 1. The lowest BCUT2D eigenvalue weighted by molar-refractivity contribution is -0.140. The van der Waals surface area contributed by atoms with Crippen molar-refractivity contribution in [1.29, 1.82) is 0 Å². The standard InChI is InChI=1S/C27H25NO9/c1-32-20-12-16(13-21(33-2)26(20)34-3)23-22(25(30)27(31)28(23)14-17-5-4-8-35-17)24(29)15-6-7-18-19(11-15)37-10-9-36-18/h4-8,11-13,23,29H,9-10,14H2,1-3H3. The molecule has 1 saturated heterocycles. The zero-order chi connectivity index (χ0) is 26.1. The van der Waals surface area contributed by atoms with Crippen LogP contribution in [0.4, 0.5) is 0 Å². The molecule has 3 aromatic rings. The molecule has 0 aliphatic carbocycles. The SMILES string of the molecule is COc1cc(C2C(=C(O)c3ccc4c(c3)OCCO4)C(=O)C(=O)N2Cc2ccco2)cc(OC)c1OC. The van der Waals surface area contributed by atoms with Crippen LogP contribution in [0.3, 0.4) is 0 Å². The van der Waals surface area contributed by atoms with Gasteiger partial charge in [-0.2, -0.15) is 0 Å². The van der Waals surface area contributed by atoms with Gasteiger partial charge in [0.2, 0.25) is 5.75 Å². The number of hydrogen-bond donors (Lipinski definition) is 1. The van der Waals surface area contributed by atoms with Gasteiger partial charge in [-0.25, -0.2) is 0 Å². The Hall–Kier alpha value is -4.60. The van der Waals surface area contributed by atoms with Crippen LogP contribution < -0.4 is 23.7 Å². The van der Waals surface area contributed by atoms with E-state index in [1.807, 2.05) is 0 Å². The highest BCUT2D eigenvalue weighted by atomic mass is 16.6. The van der Waals surface area contributed by atoms with E-state index in [0.717, 1.165) is 0 Å². The number of ketones is 1. The zero-order valence-corrected chi connectivity index (χ0v) is 20.5. The lowest BCUT2D eigenvalue weighted by atomic mass is 9.94. The van der Waals surface area contributed by atoms with E-state index < -0.39 is 17.7 Å². The Labute approximate surface area is 212 Å². The molecule has 1 amide bonds. The minimum atomic E-state index is -0.980. The zero-order valence-electron chi connectivity index (χ0n) is 20.5. The number of benzene rings is 2. The second-order valence-corrected chi connectivity index (χ2v) is 8.32. The molecule has 1 fully saturated rings. The first kappa shape index (κ1) is 24.1. The first-order valence-electron chi connectivity index (χ1n) is 11.5. The Kier molecular flexibility index (Phi) is 6.39. The normalized spacial score (nSPS) is 18.1. The van der Waals surface area contributed by atoms with Gasteiger partial charge >= 0.3 is 0 Å². The summed E-state index contributed by atoms with van der Waals surface area (Å²) < 4.78 is 33.1. The van der Waals surface area contributed by atoms with E-state index in [1.165, 1.54) is 32.5 Å². The highest BCUT2D eigenvalue weighted by Gasteiger charge is 2.47. The molecule has 10 nitrogen and oxygen atoms in total. The number of ether oxygens (including phenoxy) is 5. The fourth-order valence-corrected chi connectivity index (χ4v) is 4.57. The summed E-state index contributed by atoms with van der Waals surface area (Å²) >= 11 is 0. The quantitative estimate of drug-likeness (QED) is 0.290. The van der Waals surface area contributed by atoms with Crippen molar-refractivity contribution in [2.24, 2.45) is 0 Å². The van der Waals surface area contributed by atoms with Crippen LogP contribution in [0.15, 0.2) is 58.7 Å². The number of aliphatic hydroxyl groups is 1. The Bertz CT molecular complexity index is 1350.